The van der Waals surface area contributed by atoms with Gasteiger partial charge in [-0.05, 0) is 18.6 Å². The van der Waals surface area contributed by atoms with Crippen LogP contribution in [0.25, 0.3) is 11.4 Å². The molecular formula is C17H20N4O2. The second-order valence-corrected chi connectivity index (χ2v) is 5.90. The van der Waals surface area contributed by atoms with Gasteiger partial charge in [0, 0.05) is 33.1 Å². The monoisotopic (exact) mass is 312 g/mol. The van der Waals surface area contributed by atoms with Gasteiger partial charge in [-0.2, -0.15) is 0 Å². The largest absolute Gasteiger partial charge is 0.507 e. The highest BCUT2D eigenvalue weighted by atomic mass is 16.3. The fraction of sp³-hybridized carbons (Fsp3) is 0.353. The summed E-state index contributed by atoms with van der Waals surface area (Å²) in [5, 5.41) is 10.1. The summed E-state index contributed by atoms with van der Waals surface area (Å²) < 4.78 is 0. The van der Waals surface area contributed by atoms with E-state index in [4.69, 9.17) is 0 Å². The zero-order chi connectivity index (χ0) is 16.6. The maximum absolute atomic E-state index is 11.7. The highest BCUT2D eigenvalue weighted by molar-refractivity contribution is 5.74. The lowest BCUT2D eigenvalue weighted by Crippen LogP contribution is -2.36. The SMILES string of the molecule is CC(=O)N1CCc2c(nc(-c3ccccc3O)nc2N(C)C)C1. The summed E-state index contributed by atoms with van der Waals surface area (Å²) >= 11 is 0. The zero-order valence-electron chi connectivity index (χ0n) is 13.6. The lowest BCUT2D eigenvalue weighted by atomic mass is 10.0. The molecule has 120 valence electrons. The fourth-order valence-corrected chi connectivity index (χ4v) is 2.83. The molecule has 1 aliphatic heterocycles. The summed E-state index contributed by atoms with van der Waals surface area (Å²) in [5.74, 6) is 1.52. The Morgan fingerprint density at radius 2 is 2.00 bits per heavy atom. The molecule has 0 atom stereocenters. The smallest absolute Gasteiger partial charge is 0.219 e. The van der Waals surface area contributed by atoms with E-state index in [0.717, 1.165) is 23.5 Å². The van der Waals surface area contributed by atoms with Crippen molar-refractivity contribution < 1.29 is 9.90 Å². The van der Waals surface area contributed by atoms with Gasteiger partial charge in [0.15, 0.2) is 5.82 Å². The van der Waals surface area contributed by atoms with Crippen molar-refractivity contribution in [2.75, 3.05) is 25.5 Å². The Labute approximate surface area is 135 Å². The number of carbonyl (C=O) groups excluding carboxylic acids is 1. The van der Waals surface area contributed by atoms with Gasteiger partial charge in [-0.1, -0.05) is 12.1 Å². The highest BCUT2D eigenvalue weighted by Gasteiger charge is 2.25. The minimum atomic E-state index is 0.0461. The van der Waals surface area contributed by atoms with E-state index in [9.17, 15) is 9.90 Å². The third-order valence-electron chi connectivity index (χ3n) is 4.06. The number of fused-ring (bicyclic) bond motifs is 1. The minimum absolute atomic E-state index is 0.0461. The maximum Gasteiger partial charge on any atom is 0.219 e. The zero-order valence-corrected chi connectivity index (χ0v) is 13.6. The van der Waals surface area contributed by atoms with Gasteiger partial charge in [0.2, 0.25) is 5.91 Å². The van der Waals surface area contributed by atoms with E-state index >= 15 is 0 Å². The molecule has 0 aliphatic carbocycles. The second-order valence-electron chi connectivity index (χ2n) is 5.90. The number of rotatable bonds is 2. The number of carbonyl (C=O) groups is 1. The first kappa shape index (κ1) is 15.3. The predicted octanol–water partition coefficient (Wildman–Crippen LogP) is 1.82. The van der Waals surface area contributed by atoms with E-state index in [1.54, 1.807) is 30.0 Å². The van der Waals surface area contributed by atoms with Crippen LogP contribution in [0.5, 0.6) is 5.75 Å². The first-order valence-corrected chi connectivity index (χ1v) is 7.58. The summed E-state index contributed by atoms with van der Waals surface area (Å²) in [5.41, 5.74) is 2.52. The van der Waals surface area contributed by atoms with Gasteiger partial charge >= 0.3 is 0 Å². The molecule has 6 nitrogen and oxygen atoms in total. The van der Waals surface area contributed by atoms with Crippen LogP contribution in [0.1, 0.15) is 18.2 Å². The van der Waals surface area contributed by atoms with E-state index in [1.165, 1.54) is 0 Å². The van der Waals surface area contributed by atoms with Crippen molar-refractivity contribution in [3.63, 3.8) is 0 Å². The summed E-state index contributed by atoms with van der Waals surface area (Å²) in [4.78, 5) is 24.7. The van der Waals surface area contributed by atoms with Gasteiger partial charge in [-0.25, -0.2) is 9.97 Å². The topological polar surface area (TPSA) is 69.6 Å². The average Bonchev–Trinajstić information content (AvgIpc) is 2.53. The van der Waals surface area contributed by atoms with Crippen LogP contribution in [0.15, 0.2) is 24.3 Å². The van der Waals surface area contributed by atoms with Gasteiger partial charge in [0.05, 0.1) is 17.8 Å². The Kier molecular flexibility index (Phi) is 3.90. The Hall–Kier alpha value is -2.63. The molecule has 23 heavy (non-hydrogen) atoms. The van der Waals surface area contributed by atoms with Crippen LogP contribution in [0.4, 0.5) is 5.82 Å². The van der Waals surface area contributed by atoms with Crippen molar-refractivity contribution in [2.24, 2.45) is 0 Å². The molecule has 1 N–H and O–H groups in total. The third-order valence-corrected chi connectivity index (χ3v) is 4.06. The molecule has 6 heteroatoms. The average molecular weight is 312 g/mol. The number of para-hydroxylation sites is 1. The number of amides is 1. The Morgan fingerprint density at radius 3 is 2.65 bits per heavy atom. The van der Waals surface area contributed by atoms with E-state index in [0.29, 0.717) is 24.5 Å². The van der Waals surface area contributed by atoms with Gasteiger partial charge in [0.1, 0.15) is 11.6 Å². The number of benzene rings is 1. The summed E-state index contributed by atoms with van der Waals surface area (Å²) in [7, 11) is 3.88. The van der Waals surface area contributed by atoms with E-state index in [2.05, 4.69) is 9.97 Å². The number of phenolic OH excluding ortho intramolecular Hbond substituents is 1. The first-order valence-electron chi connectivity index (χ1n) is 7.58. The molecule has 1 aromatic heterocycles. The van der Waals surface area contributed by atoms with Gasteiger partial charge in [0.25, 0.3) is 0 Å². The van der Waals surface area contributed by atoms with Crippen LogP contribution in [0, 0.1) is 0 Å². The van der Waals surface area contributed by atoms with Crippen molar-refractivity contribution in [3.8, 4) is 17.1 Å². The molecule has 0 fully saturated rings. The van der Waals surface area contributed by atoms with Crippen LogP contribution in [-0.4, -0.2) is 46.5 Å². The van der Waals surface area contributed by atoms with Crippen molar-refractivity contribution in [3.05, 3.63) is 35.5 Å². The number of nitrogens with zero attached hydrogens (tertiary/aromatic N) is 4. The fourth-order valence-electron chi connectivity index (χ4n) is 2.83. The van der Waals surface area contributed by atoms with Crippen molar-refractivity contribution in [2.45, 2.75) is 19.9 Å². The molecule has 2 aromatic rings. The Balaban J connectivity index is 2.13. The van der Waals surface area contributed by atoms with Gasteiger partial charge in [-0.3, -0.25) is 4.79 Å². The van der Waals surface area contributed by atoms with Crippen molar-refractivity contribution in [1.29, 1.82) is 0 Å². The number of phenols is 1. The Bertz CT molecular complexity index is 758. The molecule has 2 heterocycles. The normalized spacial score (nSPS) is 13.6. The van der Waals surface area contributed by atoms with E-state index < -0.39 is 0 Å². The second kappa shape index (κ2) is 5.87. The molecule has 0 spiro atoms. The van der Waals surface area contributed by atoms with Crippen LogP contribution < -0.4 is 4.90 Å². The molecule has 1 aliphatic rings. The molecule has 0 saturated heterocycles. The molecule has 3 rings (SSSR count). The Morgan fingerprint density at radius 1 is 1.26 bits per heavy atom. The lowest BCUT2D eigenvalue weighted by Gasteiger charge is -2.30. The number of aromatic nitrogens is 2. The van der Waals surface area contributed by atoms with Crippen molar-refractivity contribution >= 4 is 11.7 Å². The standard InChI is InChI=1S/C17H20N4O2/c1-11(22)21-9-8-12-14(10-21)18-16(19-17(12)20(2)3)13-6-4-5-7-15(13)23/h4-7,23H,8-10H2,1-3H3. The molecule has 1 amide bonds. The molecule has 0 unspecified atom stereocenters. The minimum Gasteiger partial charge on any atom is -0.507 e. The van der Waals surface area contributed by atoms with Crippen LogP contribution in [-0.2, 0) is 17.8 Å². The van der Waals surface area contributed by atoms with E-state index in [1.807, 2.05) is 25.1 Å². The summed E-state index contributed by atoms with van der Waals surface area (Å²) in [6, 6.07) is 7.02. The number of anilines is 1. The van der Waals surface area contributed by atoms with Crippen LogP contribution in [0.3, 0.4) is 0 Å². The van der Waals surface area contributed by atoms with Gasteiger partial charge < -0.3 is 14.9 Å². The highest BCUT2D eigenvalue weighted by Crippen LogP contribution is 2.31. The van der Waals surface area contributed by atoms with Crippen LogP contribution >= 0.6 is 0 Å². The molecule has 0 bridgehead atoms. The molecule has 0 saturated carbocycles. The van der Waals surface area contributed by atoms with Crippen LogP contribution in [0.2, 0.25) is 0 Å². The lowest BCUT2D eigenvalue weighted by molar-refractivity contribution is -0.129. The third kappa shape index (κ3) is 2.84. The van der Waals surface area contributed by atoms with E-state index in [-0.39, 0.29) is 11.7 Å². The predicted molar refractivity (Wildman–Crippen MR) is 88.3 cm³/mol. The quantitative estimate of drug-likeness (QED) is 0.916. The van der Waals surface area contributed by atoms with Gasteiger partial charge in [-0.15, -0.1) is 0 Å². The van der Waals surface area contributed by atoms with Crippen molar-refractivity contribution in [1.82, 2.24) is 14.9 Å². The first-order chi connectivity index (χ1) is 11.0. The molecule has 0 radical (unpaired) electrons. The number of hydrogen-bond donors (Lipinski definition) is 1. The number of hydrogen-bond acceptors (Lipinski definition) is 5. The number of aromatic hydroxyl groups is 1. The maximum atomic E-state index is 11.7. The molecule has 1 aromatic carbocycles. The molecular weight excluding hydrogens is 292 g/mol. The summed E-state index contributed by atoms with van der Waals surface area (Å²) in [6.07, 6.45) is 0.740. The summed E-state index contributed by atoms with van der Waals surface area (Å²) in [6.45, 7) is 2.74.